The zero-order valence-electron chi connectivity index (χ0n) is 15.4. The third kappa shape index (κ3) is 4.28. The summed E-state index contributed by atoms with van der Waals surface area (Å²) in [6.07, 6.45) is 7.81. The molecule has 4 rings (SSSR count). The van der Waals surface area contributed by atoms with Crippen LogP contribution in [0.3, 0.4) is 0 Å². The van der Waals surface area contributed by atoms with Crippen molar-refractivity contribution in [2.24, 2.45) is 13.0 Å². The molecule has 0 aromatic carbocycles. The molecule has 7 nitrogen and oxygen atoms in total. The first-order valence-corrected chi connectivity index (χ1v) is 10.1. The molecule has 27 heavy (non-hydrogen) atoms. The molecule has 2 N–H and O–H groups in total. The minimum atomic E-state index is 0.300. The van der Waals surface area contributed by atoms with Crippen molar-refractivity contribution in [3.8, 4) is 10.6 Å². The number of pyridine rings is 1. The van der Waals surface area contributed by atoms with Crippen molar-refractivity contribution in [1.29, 1.82) is 0 Å². The number of nitrogens with zero attached hydrogens (tertiary/aromatic N) is 5. The molecular formula is C19H24N6OS. The van der Waals surface area contributed by atoms with Crippen LogP contribution in [0.4, 0.5) is 11.5 Å². The number of hydrogen-bond donors (Lipinski definition) is 2. The average molecular weight is 385 g/mol. The van der Waals surface area contributed by atoms with E-state index in [0.29, 0.717) is 19.1 Å². The second-order valence-electron chi connectivity index (χ2n) is 6.91. The van der Waals surface area contributed by atoms with Gasteiger partial charge >= 0.3 is 0 Å². The molecule has 0 bridgehead atoms. The summed E-state index contributed by atoms with van der Waals surface area (Å²) in [5, 5.41) is 19.8. The maximum absolute atomic E-state index is 9.26. The highest BCUT2D eigenvalue weighted by atomic mass is 32.1. The Bertz CT molecular complexity index is 866. The van der Waals surface area contributed by atoms with E-state index < -0.39 is 0 Å². The van der Waals surface area contributed by atoms with E-state index in [1.165, 1.54) is 0 Å². The van der Waals surface area contributed by atoms with Gasteiger partial charge in [0.1, 0.15) is 10.8 Å². The first kappa shape index (κ1) is 17.9. The van der Waals surface area contributed by atoms with E-state index in [4.69, 9.17) is 0 Å². The fourth-order valence-electron chi connectivity index (χ4n) is 3.28. The lowest BCUT2D eigenvalue weighted by molar-refractivity contribution is 0.203. The van der Waals surface area contributed by atoms with E-state index in [1.807, 2.05) is 31.7 Å². The number of rotatable bonds is 6. The minimum absolute atomic E-state index is 0.300. The largest absolute Gasteiger partial charge is 0.396 e. The van der Waals surface area contributed by atoms with Crippen LogP contribution in [0.25, 0.3) is 10.6 Å². The number of hydrogen-bond acceptors (Lipinski definition) is 7. The smallest absolute Gasteiger partial charge is 0.126 e. The van der Waals surface area contributed by atoms with Crippen molar-refractivity contribution in [2.45, 2.75) is 19.4 Å². The third-order valence-corrected chi connectivity index (χ3v) is 5.88. The van der Waals surface area contributed by atoms with Gasteiger partial charge in [0, 0.05) is 43.9 Å². The molecule has 0 amide bonds. The average Bonchev–Trinajstić information content (AvgIpc) is 3.36. The van der Waals surface area contributed by atoms with Crippen LogP contribution >= 0.6 is 11.3 Å². The van der Waals surface area contributed by atoms with Gasteiger partial charge < -0.3 is 15.3 Å². The molecule has 8 heteroatoms. The van der Waals surface area contributed by atoms with Gasteiger partial charge in [-0.15, -0.1) is 11.3 Å². The van der Waals surface area contributed by atoms with Gasteiger partial charge in [0.25, 0.3) is 0 Å². The lowest BCUT2D eigenvalue weighted by Gasteiger charge is -2.32. The van der Waals surface area contributed by atoms with Crippen LogP contribution in [0.1, 0.15) is 18.5 Å². The zero-order chi connectivity index (χ0) is 18.6. The van der Waals surface area contributed by atoms with Crippen LogP contribution in [0.5, 0.6) is 0 Å². The molecule has 0 spiro atoms. The summed E-state index contributed by atoms with van der Waals surface area (Å²) in [6, 6.07) is 4.12. The molecule has 0 aliphatic carbocycles. The van der Waals surface area contributed by atoms with Crippen LogP contribution < -0.4 is 10.2 Å². The number of aliphatic hydroxyl groups is 1. The van der Waals surface area contributed by atoms with Crippen molar-refractivity contribution in [3.63, 3.8) is 0 Å². The van der Waals surface area contributed by atoms with E-state index in [2.05, 4.69) is 36.7 Å². The fraction of sp³-hybridized carbons (Fsp3) is 0.421. The number of thiazole rings is 1. The lowest BCUT2D eigenvalue weighted by atomic mass is 9.98. The van der Waals surface area contributed by atoms with Gasteiger partial charge in [0.05, 0.1) is 30.3 Å². The Labute approximate surface area is 162 Å². The molecule has 0 atom stereocenters. The number of anilines is 2. The molecule has 3 aromatic rings. The maximum atomic E-state index is 9.26. The molecule has 142 valence electrons. The second kappa shape index (κ2) is 8.06. The summed E-state index contributed by atoms with van der Waals surface area (Å²) >= 11 is 1.62. The van der Waals surface area contributed by atoms with Gasteiger partial charge in [0.2, 0.25) is 0 Å². The predicted octanol–water partition coefficient (Wildman–Crippen LogP) is 2.76. The molecule has 0 radical (unpaired) electrons. The van der Waals surface area contributed by atoms with Crippen molar-refractivity contribution < 1.29 is 5.11 Å². The Kier molecular flexibility index (Phi) is 5.35. The van der Waals surface area contributed by atoms with E-state index >= 15 is 0 Å². The van der Waals surface area contributed by atoms with E-state index in [1.54, 1.807) is 16.0 Å². The van der Waals surface area contributed by atoms with Crippen molar-refractivity contribution in [2.75, 3.05) is 29.9 Å². The summed E-state index contributed by atoms with van der Waals surface area (Å²) in [5.74, 6) is 1.30. The molecule has 4 heterocycles. The lowest BCUT2D eigenvalue weighted by Crippen LogP contribution is -2.34. The Morgan fingerprint density at radius 3 is 2.78 bits per heavy atom. The molecule has 1 saturated heterocycles. The highest BCUT2D eigenvalue weighted by molar-refractivity contribution is 7.13. The normalized spacial score (nSPS) is 15.3. The summed E-state index contributed by atoms with van der Waals surface area (Å²) in [5.41, 5.74) is 3.18. The van der Waals surface area contributed by atoms with Gasteiger partial charge in [-0.2, -0.15) is 5.10 Å². The Morgan fingerprint density at radius 2 is 2.11 bits per heavy atom. The van der Waals surface area contributed by atoms with E-state index in [9.17, 15) is 5.11 Å². The van der Waals surface area contributed by atoms with E-state index in [-0.39, 0.29) is 0 Å². The molecule has 1 aliphatic heterocycles. The molecule has 0 unspecified atom stereocenters. The van der Waals surface area contributed by atoms with Crippen LogP contribution in [-0.4, -0.2) is 44.6 Å². The standard InChI is InChI=1S/C19H24N6OS/c1-24-11-15(8-22-24)19-23-16(13-27-19)9-20-18-3-2-17(10-21-18)25-6-4-14(12-26)5-7-25/h2-3,8,10-11,13-14,26H,4-7,9,12H2,1H3,(H,20,21). The number of aliphatic hydroxyl groups excluding tert-OH is 1. The summed E-state index contributed by atoms with van der Waals surface area (Å²) in [6.45, 7) is 2.91. The number of piperidine rings is 1. The van der Waals surface area contributed by atoms with Crippen molar-refractivity contribution >= 4 is 22.8 Å². The third-order valence-electron chi connectivity index (χ3n) is 4.94. The van der Waals surface area contributed by atoms with Gasteiger partial charge in [-0.1, -0.05) is 0 Å². The van der Waals surface area contributed by atoms with Crippen LogP contribution in [0.15, 0.2) is 36.1 Å². The molecule has 3 aromatic heterocycles. The van der Waals surface area contributed by atoms with Crippen LogP contribution in [0.2, 0.25) is 0 Å². The SMILES string of the molecule is Cn1cc(-c2nc(CNc3ccc(N4CCC(CO)CC4)cn3)cs2)cn1. The Morgan fingerprint density at radius 1 is 1.26 bits per heavy atom. The van der Waals surface area contributed by atoms with Crippen molar-refractivity contribution in [1.82, 2.24) is 19.7 Å². The summed E-state index contributed by atoms with van der Waals surface area (Å²) in [7, 11) is 1.91. The van der Waals surface area contributed by atoms with Gasteiger partial charge in [0.15, 0.2) is 0 Å². The fourth-order valence-corrected chi connectivity index (χ4v) is 4.08. The monoisotopic (exact) mass is 384 g/mol. The first-order chi connectivity index (χ1) is 13.2. The highest BCUT2D eigenvalue weighted by Gasteiger charge is 2.18. The molecule has 0 saturated carbocycles. The highest BCUT2D eigenvalue weighted by Crippen LogP contribution is 2.25. The quantitative estimate of drug-likeness (QED) is 0.680. The second-order valence-corrected chi connectivity index (χ2v) is 7.77. The minimum Gasteiger partial charge on any atom is -0.396 e. The zero-order valence-corrected chi connectivity index (χ0v) is 16.2. The van der Waals surface area contributed by atoms with Crippen LogP contribution in [0, 0.1) is 5.92 Å². The predicted molar refractivity (Wildman–Crippen MR) is 108 cm³/mol. The Balaban J connectivity index is 1.32. The number of aromatic nitrogens is 4. The van der Waals surface area contributed by atoms with Crippen LogP contribution in [-0.2, 0) is 13.6 Å². The van der Waals surface area contributed by atoms with Gasteiger partial charge in [-0.3, -0.25) is 4.68 Å². The molecule has 1 fully saturated rings. The first-order valence-electron chi connectivity index (χ1n) is 9.20. The van der Waals surface area contributed by atoms with Gasteiger partial charge in [-0.25, -0.2) is 9.97 Å². The van der Waals surface area contributed by atoms with Gasteiger partial charge in [-0.05, 0) is 30.9 Å². The number of aryl methyl sites for hydroxylation is 1. The molecule has 1 aliphatic rings. The maximum Gasteiger partial charge on any atom is 0.126 e. The number of nitrogens with one attached hydrogen (secondary N) is 1. The van der Waals surface area contributed by atoms with Crippen molar-refractivity contribution in [3.05, 3.63) is 41.8 Å². The van der Waals surface area contributed by atoms with E-state index in [0.717, 1.165) is 53.7 Å². The molecular weight excluding hydrogens is 360 g/mol. The topological polar surface area (TPSA) is 79.1 Å². The Hall–Kier alpha value is -2.45. The summed E-state index contributed by atoms with van der Waals surface area (Å²) < 4.78 is 1.78. The summed E-state index contributed by atoms with van der Waals surface area (Å²) in [4.78, 5) is 11.5.